The molecule has 2 N–H and O–H groups in total. The summed E-state index contributed by atoms with van der Waals surface area (Å²) in [6.07, 6.45) is -3.61. The van der Waals surface area contributed by atoms with Crippen molar-refractivity contribution in [2.45, 2.75) is 12.7 Å². The van der Waals surface area contributed by atoms with Gasteiger partial charge in [-0.15, -0.1) is 0 Å². The highest BCUT2D eigenvalue weighted by Crippen LogP contribution is 2.27. The molecule has 0 radical (unpaired) electrons. The van der Waals surface area contributed by atoms with Crippen molar-refractivity contribution in [1.82, 2.24) is 20.6 Å². The quantitative estimate of drug-likeness (QED) is 0.767. The first-order chi connectivity index (χ1) is 12.3. The van der Waals surface area contributed by atoms with Crippen molar-refractivity contribution >= 4 is 11.8 Å². The molecule has 0 saturated carbocycles. The van der Waals surface area contributed by atoms with E-state index >= 15 is 0 Å². The SMILES string of the molecule is N#Cc1ccccc1OCC(=O)NNC(=O)Cn1ccc(C(F)(F)F)n1. The molecule has 1 aromatic carbocycles. The molecular formula is C15H12F3N5O3. The van der Waals surface area contributed by atoms with Gasteiger partial charge in [-0.3, -0.25) is 25.1 Å². The van der Waals surface area contributed by atoms with Crippen LogP contribution in [0, 0.1) is 11.3 Å². The van der Waals surface area contributed by atoms with Gasteiger partial charge in [0.2, 0.25) is 0 Å². The number of ether oxygens (including phenoxy) is 1. The maximum Gasteiger partial charge on any atom is 0.435 e. The van der Waals surface area contributed by atoms with E-state index in [1.807, 2.05) is 16.9 Å². The van der Waals surface area contributed by atoms with E-state index in [0.717, 1.165) is 16.9 Å². The summed E-state index contributed by atoms with van der Waals surface area (Å²) >= 11 is 0. The van der Waals surface area contributed by atoms with E-state index in [2.05, 4.69) is 5.10 Å². The first-order valence-electron chi connectivity index (χ1n) is 7.10. The molecule has 0 saturated heterocycles. The number of amides is 2. The second-order valence-corrected chi connectivity index (χ2v) is 4.89. The van der Waals surface area contributed by atoms with Gasteiger partial charge in [-0.2, -0.15) is 23.5 Å². The van der Waals surface area contributed by atoms with Crippen LogP contribution in [0.4, 0.5) is 13.2 Å². The lowest BCUT2D eigenvalue weighted by atomic mass is 10.2. The van der Waals surface area contributed by atoms with Crippen LogP contribution in [0.3, 0.4) is 0 Å². The number of hydrogen-bond acceptors (Lipinski definition) is 5. The maximum atomic E-state index is 12.4. The minimum atomic E-state index is -4.60. The number of carbonyl (C=O) groups is 2. The number of aromatic nitrogens is 2. The van der Waals surface area contributed by atoms with Gasteiger partial charge in [-0.1, -0.05) is 12.1 Å². The predicted octanol–water partition coefficient (Wildman–Crippen LogP) is 1.000. The number of para-hydroxylation sites is 1. The van der Waals surface area contributed by atoms with Crippen LogP contribution in [0.1, 0.15) is 11.3 Å². The zero-order valence-electron chi connectivity index (χ0n) is 13.1. The molecule has 0 spiro atoms. The van der Waals surface area contributed by atoms with Crippen molar-refractivity contribution in [3.63, 3.8) is 0 Å². The van der Waals surface area contributed by atoms with Gasteiger partial charge in [0.25, 0.3) is 11.8 Å². The number of hydrazine groups is 1. The number of alkyl halides is 3. The summed E-state index contributed by atoms with van der Waals surface area (Å²) in [4.78, 5) is 23.2. The molecule has 26 heavy (non-hydrogen) atoms. The summed E-state index contributed by atoms with van der Waals surface area (Å²) in [7, 11) is 0. The van der Waals surface area contributed by atoms with Gasteiger partial charge in [0.1, 0.15) is 18.4 Å². The summed E-state index contributed by atoms with van der Waals surface area (Å²) in [5.41, 5.74) is 3.17. The highest BCUT2D eigenvalue weighted by molar-refractivity contribution is 5.82. The average Bonchev–Trinajstić information content (AvgIpc) is 3.07. The van der Waals surface area contributed by atoms with Gasteiger partial charge in [-0.05, 0) is 18.2 Å². The molecule has 0 atom stereocenters. The Morgan fingerprint density at radius 3 is 2.54 bits per heavy atom. The van der Waals surface area contributed by atoms with Crippen LogP contribution in [0.25, 0.3) is 0 Å². The van der Waals surface area contributed by atoms with Crippen molar-refractivity contribution in [3.8, 4) is 11.8 Å². The third-order valence-corrected chi connectivity index (χ3v) is 2.94. The fraction of sp³-hybridized carbons (Fsp3) is 0.200. The summed E-state index contributed by atoms with van der Waals surface area (Å²) in [6.45, 7) is -0.993. The molecule has 2 amide bonds. The maximum absolute atomic E-state index is 12.4. The first kappa shape index (κ1) is 18.8. The Hall–Kier alpha value is -3.55. The highest BCUT2D eigenvalue weighted by atomic mass is 19.4. The van der Waals surface area contributed by atoms with E-state index in [1.165, 1.54) is 12.1 Å². The number of benzene rings is 1. The number of rotatable bonds is 5. The van der Waals surface area contributed by atoms with Crippen molar-refractivity contribution in [3.05, 3.63) is 47.8 Å². The van der Waals surface area contributed by atoms with Crippen LogP contribution in [0.5, 0.6) is 5.75 Å². The van der Waals surface area contributed by atoms with Crippen molar-refractivity contribution in [2.75, 3.05) is 6.61 Å². The molecule has 11 heteroatoms. The standard InChI is InChI=1S/C15H12F3N5O3/c16-15(17,18)12-5-6-23(22-12)8-13(24)20-21-14(25)9-26-11-4-2-1-3-10(11)7-19/h1-6H,8-9H2,(H,20,24)(H,21,25). The molecule has 0 fully saturated rings. The Labute approximate surface area is 145 Å². The predicted molar refractivity (Wildman–Crippen MR) is 80.2 cm³/mol. The van der Waals surface area contributed by atoms with Crippen LogP contribution in [0.2, 0.25) is 0 Å². The fourth-order valence-corrected chi connectivity index (χ4v) is 1.79. The largest absolute Gasteiger partial charge is 0.482 e. The Morgan fingerprint density at radius 2 is 1.88 bits per heavy atom. The van der Waals surface area contributed by atoms with Gasteiger partial charge in [0.15, 0.2) is 12.3 Å². The molecule has 0 aliphatic carbocycles. The molecule has 0 aliphatic heterocycles. The zero-order chi connectivity index (χ0) is 19.2. The average molecular weight is 367 g/mol. The molecule has 0 bridgehead atoms. The first-order valence-corrected chi connectivity index (χ1v) is 7.10. The number of nitrogens with zero attached hydrogens (tertiary/aromatic N) is 3. The number of hydrogen-bond donors (Lipinski definition) is 2. The van der Waals surface area contributed by atoms with Crippen LogP contribution in [-0.2, 0) is 22.3 Å². The smallest absolute Gasteiger partial charge is 0.435 e. The van der Waals surface area contributed by atoms with E-state index in [4.69, 9.17) is 10.00 Å². The number of carbonyl (C=O) groups excluding carboxylic acids is 2. The van der Waals surface area contributed by atoms with Crippen LogP contribution in [-0.4, -0.2) is 28.2 Å². The van der Waals surface area contributed by atoms with Crippen molar-refractivity contribution < 1.29 is 27.5 Å². The van der Waals surface area contributed by atoms with E-state index < -0.39 is 36.8 Å². The molecular weight excluding hydrogens is 355 g/mol. The number of nitriles is 1. The van der Waals surface area contributed by atoms with Crippen LogP contribution in [0.15, 0.2) is 36.5 Å². The summed E-state index contributed by atoms with van der Waals surface area (Å²) in [6, 6.07) is 8.88. The van der Waals surface area contributed by atoms with E-state index in [-0.39, 0.29) is 11.3 Å². The van der Waals surface area contributed by atoms with Gasteiger partial charge >= 0.3 is 6.18 Å². The lowest BCUT2D eigenvalue weighted by molar-refractivity contribution is -0.141. The second-order valence-electron chi connectivity index (χ2n) is 4.89. The zero-order valence-corrected chi connectivity index (χ0v) is 13.1. The summed E-state index contributed by atoms with van der Waals surface area (Å²) < 4.78 is 43.1. The minimum Gasteiger partial charge on any atom is -0.482 e. The monoisotopic (exact) mass is 367 g/mol. The molecule has 0 aliphatic rings. The topological polar surface area (TPSA) is 109 Å². The lowest BCUT2D eigenvalue weighted by Crippen LogP contribution is -2.45. The molecule has 1 heterocycles. The third-order valence-electron chi connectivity index (χ3n) is 2.94. The highest BCUT2D eigenvalue weighted by Gasteiger charge is 2.33. The number of halogens is 3. The van der Waals surface area contributed by atoms with Gasteiger partial charge in [0.05, 0.1) is 5.56 Å². The molecule has 1 aromatic heterocycles. The Morgan fingerprint density at radius 1 is 1.19 bits per heavy atom. The van der Waals surface area contributed by atoms with E-state index in [1.54, 1.807) is 12.1 Å². The molecule has 0 unspecified atom stereocenters. The summed E-state index contributed by atoms with van der Waals surface area (Å²) in [5.74, 6) is -1.30. The minimum absolute atomic E-state index is 0.202. The number of nitrogens with one attached hydrogen (secondary N) is 2. The van der Waals surface area contributed by atoms with Gasteiger partial charge < -0.3 is 4.74 Å². The van der Waals surface area contributed by atoms with Gasteiger partial charge in [-0.25, -0.2) is 0 Å². The molecule has 2 rings (SSSR count). The molecule has 136 valence electrons. The van der Waals surface area contributed by atoms with Crippen molar-refractivity contribution in [1.29, 1.82) is 5.26 Å². The third kappa shape index (κ3) is 5.23. The lowest BCUT2D eigenvalue weighted by Gasteiger charge is -2.09. The van der Waals surface area contributed by atoms with Gasteiger partial charge in [0, 0.05) is 6.20 Å². The Kier molecular flexibility index (Phi) is 5.79. The Bertz CT molecular complexity index is 842. The summed E-state index contributed by atoms with van der Waals surface area (Å²) in [5, 5.41) is 12.1. The van der Waals surface area contributed by atoms with Crippen LogP contribution < -0.4 is 15.6 Å². The normalized spacial score (nSPS) is 10.7. The molecule has 2 aromatic rings. The van der Waals surface area contributed by atoms with Crippen molar-refractivity contribution in [2.24, 2.45) is 0 Å². The van der Waals surface area contributed by atoms with E-state index in [9.17, 15) is 22.8 Å². The fourth-order valence-electron chi connectivity index (χ4n) is 1.79. The second kappa shape index (κ2) is 8.02. The van der Waals surface area contributed by atoms with E-state index in [0.29, 0.717) is 0 Å². The Balaban J connectivity index is 1.77. The van der Waals surface area contributed by atoms with Crippen LogP contribution >= 0.6 is 0 Å². The molecule has 8 nitrogen and oxygen atoms in total.